The molecule has 0 bridgehead atoms. The number of oxazole rings is 1. The van der Waals surface area contributed by atoms with E-state index in [1.54, 1.807) is 6.92 Å². The summed E-state index contributed by atoms with van der Waals surface area (Å²) < 4.78 is 5.06. The van der Waals surface area contributed by atoms with E-state index in [1.165, 1.54) is 6.20 Å². The number of rotatable bonds is 3. The summed E-state index contributed by atoms with van der Waals surface area (Å²) in [5, 5.41) is 17.5. The van der Waals surface area contributed by atoms with Crippen molar-refractivity contribution in [2.45, 2.75) is 19.4 Å². The number of nitrogens with zero attached hydrogens (tertiary/aromatic N) is 1. The van der Waals surface area contributed by atoms with E-state index in [4.69, 9.17) is 14.6 Å². The van der Waals surface area contributed by atoms with Crippen molar-refractivity contribution in [1.29, 1.82) is 0 Å². The van der Waals surface area contributed by atoms with Crippen LogP contribution in [0.2, 0.25) is 0 Å². The predicted molar refractivity (Wildman–Crippen MR) is 37.9 cm³/mol. The van der Waals surface area contributed by atoms with Crippen LogP contribution in [0.1, 0.15) is 24.7 Å². The normalized spacial score (nSPS) is 13.4. The summed E-state index contributed by atoms with van der Waals surface area (Å²) in [5.41, 5.74) is 0. The largest absolute Gasteiger partial charge is 0.443 e. The maximum absolute atomic E-state index is 9.01. The molecule has 0 aliphatic heterocycles. The number of aromatic nitrogens is 1. The Balaban J connectivity index is 2.66. The van der Waals surface area contributed by atoms with Gasteiger partial charge in [0.15, 0.2) is 11.7 Å². The summed E-state index contributed by atoms with van der Waals surface area (Å²) in [6, 6.07) is 0. The van der Waals surface area contributed by atoms with E-state index in [0.717, 1.165) is 0 Å². The molecule has 0 amide bonds. The molecule has 0 radical (unpaired) electrons. The minimum Gasteiger partial charge on any atom is -0.443 e. The lowest BCUT2D eigenvalue weighted by atomic mass is 10.3. The van der Waals surface area contributed by atoms with Crippen molar-refractivity contribution in [2.24, 2.45) is 0 Å². The molecule has 0 spiro atoms. The second kappa shape index (κ2) is 3.50. The molecule has 1 rings (SSSR count). The molecule has 1 aromatic heterocycles. The lowest BCUT2D eigenvalue weighted by molar-refractivity contribution is 0.165. The summed E-state index contributed by atoms with van der Waals surface area (Å²) in [7, 11) is 0. The standard InChI is InChI=1S/C7H11NO3/c1-5(10)6-4-8-7(11-6)2-3-9/h4-5,9-10H,2-3H2,1H3. The van der Waals surface area contributed by atoms with E-state index in [9.17, 15) is 0 Å². The van der Waals surface area contributed by atoms with Gasteiger partial charge in [-0.1, -0.05) is 0 Å². The first-order valence-electron chi connectivity index (χ1n) is 3.47. The van der Waals surface area contributed by atoms with Crippen LogP contribution in [0.5, 0.6) is 0 Å². The van der Waals surface area contributed by atoms with Crippen LogP contribution >= 0.6 is 0 Å². The smallest absolute Gasteiger partial charge is 0.196 e. The van der Waals surface area contributed by atoms with Gasteiger partial charge in [0.05, 0.1) is 12.8 Å². The van der Waals surface area contributed by atoms with Gasteiger partial charge in [0.2, 0.25) is 0 Å². The Labute approximate surface area is 64.5 Å². The van der Waals surface area contributed by atoms with Crippen LogP contribution in [0.15, 0.2) is 10.6 Å². The van der Waals surface area contributed by atoms with Crippen LogP contribution in [0.25, 0.3) is 0 Å². The molecule has 0 fully saturated rings. The molecule has 0 aliphatic carbocycles. The Bertz CT molecular complexity index is 219. The SMILES string of the molecule is CC(O)c1cnc(CCO)o1. The molecule has 1 unspecified atom stereocenters. The number of hydrogen-bond donors (Lipinski definition) is 2. The van der Waals surface area contributed by atoms with Gasteiger partial charge in [0.25, 0.3) is 0 Å². The molecule has 4 heteroatoms. The van der Waals surface area contributed by atoms with E-state index < -0.39 is 6.10 Å². The zero-order chi connectivity index (χ0) is 8.27. The van der Waals surface area contributed by atoms with Crippen LogP contribution in [-0.2, 0) is 6.42 Å². The van der Waals surface area contributed by atoms with Gasteiger partial charge in [-0.2, -0.15) is 0 Å². The maximum Gasteiger partial charge on any atom is 0.196 e. The average molecular weight is 157 g/mol. The number of aliphatic hydroxyl groups is 2. The van der Waals surface area contributed by atoms with Gasteiger partial charge in [-0.25, -0.2) is 4.98 Å². The predicted octanol–water partition coefficient (Wildman–Crippen LogP) is 0.263. The van der Waals surface area contributed by atoms with E-state index in [2.05, 4.69) is 4.98 Å². The maximum atomic E-state index is 9.01. The lowest BCUT2D eigenvalue weighted by Gasteiger charge is -1.95. The first kappa shape index (κ1) is 8.23. The highest BCUT2D eigenvalue weighted by Crippen LogP contribution is 2.12. The molecule has 1 heterocycles. The molecule has 0 aliphatic rings. The molecule has 1 atom stereocenters. The Hall–Kier alpha value is -0.870. The van der Waals surface area contributed by atoms with E-state index in [1.807, 2.05) is 0 Å². The van der Waals surface area contributed by atoms with Crippen molar-refractivity contribution in [2.75, 3.05) is 6.61 Å². The summed E-state index contributed by atoms with van der Waals surface area (Å²) in [6.45, 7) is 1.61. The van der Waals surface area contributed by atoms with E-state index >= 15 is 0 Å². The van der Waals surface area contributed by atoms with Crippen LogP contribution in [0, 0.1) is 0 Å². The third kappa shape index (κ3) is 2.03. The van der Waals surface area contributed by atoms with Gasteiger partial charge in [-0.05, 0) is 6.92 Å². The quantitative estimate of drug-likeness (QED) is 0.660. The number of hydrogen-bond acceptors (Lipinski definition) is 4. The average Bonchev–Trinajstić information content (AvgIpc) is 2.37. The summed E-state index contributed by atoms with van der Waals surface area (Å²) in [6.07, 6.45) is 1.23. The topological polar surface area (TPSA) is 66.5 Å². The van der Waals surface area contributed by atoms with Crippen molar-refractivity contribution < 1.29 is 14.6 Å². The van der Waals surface area contributed by atoms with Crippen molar-refractivity contribution >= 4 is 0 Å². The molecular formula is C7H11NO3. The lowest BCUT2D eigenvalue weighted by Crippen LogP contribution is -1.89. The molecule has 62 valence electrons. The van der Waals surface area contributed by atoms with Crippen molar-refractivity contribution in [3.8, 4) is 0 Å². The third-order valence-corrected chi connectivity index (χ3v) is 1.31. The van der Waals surface area contributed by atoms with Gasteiger partial charge in [-0.15, -0.1) is 0 Å². The fourth-order valence-corrected chi connectivity index (χ4v) is 0.729. The summed E-state index contributed by atoms with van der Waals surface area (Å²) in [5.74, 6) is 0.900. The van der Waals surface area contributed by atoms with Crippen molar-refractivity contribution in [3.05, 3.63) is 17.8 Å². The van der Waals surface area contributed by atoms with Crippen LogP contribution < -0.4 is 0 Å². The van der Waals surface area contributed by atoms with Crippen LogP contribution in [-0.4, -0.2) is 21.8 Å². The second-order valence-corrected chi connectivity index (χ2v) is 2.31. The van der Waals surface area contributed by atoms with Gasteiger partial charge >= 0.3 is 0 Å². The summed E-state index contributed by atoms with van der Waals surface area (Å²) in [4.78, 5) is 3.84. The first-order chi connectivity index (χ1) is 5.24. The van der Waals surface area contributed by atoms with Gasteiger partial charge < -0.3 is 14.6 Å². The molecule has 11 heavy (non-hydrogen) atoms. The Kier molecular flexibility index (Phi) is 2.62. The number of aliphatic hydroxyl groups excluding tert-OH is 2. The molecule has 0 aromatic carbocycles. The van der Waals surface area contributed by atoms with Crippen LogP contribution in [0.3, 0.4) is 0 Å². The molecule has 2 N–H and O–H groups in total. The van der Waals surface area contributed by atoms with E-state index in [-0.39, 0.29) is 6.61 Å². The zero-order valence-corrected chi connectivity index (χ0v) is 6.32. The van der Waals surface area contributed by atoms with Crippen LogP contribution in [0.4, 0.5) is 0 Å². The fourth-order valence-electron chi connectivity index (χ4n) is 0.729. The molecule has 1 aromatic rings. The Morgan fingerprint density at radius 1 is 1.73 bits per heavy atom. The Morgan fingerprint density at radius 2 is 2.45 bits per heavy atom. The van der Waals surface area contributed by atoms with E-state index in [0.29, 0.717) is 18.1 Å². The minimum atomic E-state index is -0.630. The minimum absolute atomic E-state index is 0.0137. The highest BCUT2D eigenvalue weighted by Gasteiger charge is 2.07. The van der Waals surface area contributed by atoms with Crippen molar-refractivity contribution in [1.82, 2.24) is 4.98 Å². The molecule has 0 saturated heterocycles. The fraction of sp³-hybridized carbons (Fsp3) is 0.571. The van der Waals surface area contributed by atoms with Crippen molar-refractivity contribution in [3.63, 3.8) is 0 Å². The molecule has 4 nitrogen and oxygen atoms in total. The second-order valence-electron chi connectivity index (χ2n) is 2.31. The zero-order valence-electron chi connectivity index (χ0n) is 6.32. The highest BCUT2D eigenvalue weighted by atomic mass is 16.4. The Morgan fingerprint density at radius 3 is 2.91 bits per heavy atom. The van der Waals surface area contributed by atoms with Gasteiger partial charge in [-0.3, -0.25) is 0 Å². The van der Waals surface area contributed by atoms with Gasteiger partial charge in [0, 0.05) is 6.42 Å². The molecular weight excluding hydrogens is 146 g/mol. The highest BCUT2D eigenvalue weighted by molar-refractivity contribution is 4.96. The summed E-state index contributed by atoms with van der Waals surface area (Å²) >= 11 is 0. The first-order valence-corrected chi connectivity index (χ1v) is 3.47. The third-order valence-electron chi connectivity index (χ3n) is 1.31. The monoisotopic (exact) mass is 157 g/mol. The van der Waals surface area contributed by atoms with Gasteiger partial charge in [0.1, 0.15) is 6.10 Å². The molecule has 0 saturated carbocycles.